The number of allylic oxidation sites excluding steroid dienone is 1. The van der Waals surface area contributed by atoms with E-state index in [4.69, 9.17) is 20.9 Å². The first-order valence-corrected chi connectivity index (χ1v) is 11.0. The van der Waals surface area contributed by atoms with Gasteiger partial charge in [0.2, 0.25) is 5.82 Å². The van der Waals surface area contributed by atoms with Gasteiger partial charge in [-0.25, -0.2) is 4.79 Å². The molecule has 2 aliphatic rings. The number of aromatic nitrogens is 2. The first-order valence-electron chi connectivity index (χ1n) is 10.7. The second kappa shape index (κ2) is 8.76. The molecule has 2 unspecified atom stereocenters. The van der Waals surface area contributed by atoms with Gasteiger partial charge in [-0.3, -0.25) is 4.90 Å². The zero-order valence-electron chi connectivity index (χ0n) is 17.6. The molecule has 1 saturated heterocycles. The maximum Gasteiger partial charge on any atom is 0.322 e. The van der Waals surface area contributed by atoms with Crippen molar-refractivity contribution in [1.29, 1.82) is 0 Å². The predicted molar refractivity (Wildman–Crippen MR) is 121 cm³/mol. The Morgan fingerprint density at radius 1 is 1.19 bits per heavy atom. The van der Waals surface area contributed by atoms with E-state index >= 15 is 0 Å². The summed E-state index contributed by atoms with van der Waals surface area (Å²) in [5.74, 6) is 0.806. The largest absolute Gasteiger partial charge is 0.376 e. The highest BCUT2D eigenvalue weighted by Crippen LogP contribution is 2.37. The van der Waals surface area contributed by atoms with E-state index in [-0.39, 0.29) is 12.1 Å². The molecule has 1 aromatic heterocycles. The van der Waals surface area contributed by atoms with E-state index in [9.17, 15) is 4.79 Å². The van der Waals surface area contributed by atoms with Crippen LogP contribution in [0.2, 0.25) is 5.02 Å². The molecular weight excluding hydrogens is 428 g/mol. The van der Waals surface area contributed by atoms with Crippen LogP contribution in [0.1, 0.15) is 37.3 Å². The highest BCUT2D eigenvalue weighted by molar-refractivity contribution is 6.30. The van der Waals surface area contributed by atoms with Crippen molar-refractivity contribution >= 4 is 23.2 Å². The number of benzene rings is 2. The molecule has 164 valence electrons. The third-order valence-electron chi connectivity index (χ3n) is 5.88. The van der Waals surface area contributed by atoms with Gasteiger partial charge >= 0.3 is 6.03 Å². The molecule has 32 heavy (non-hydrogen) atoms. The highest BCUT2D eigenvalue weighted by Gasteiger charge is 2.37. The van der Waals surface area contributed by atoms with Crippen molar-refractivity contribution in [3.63, 3.8) is 0 Å². The molecule has 1 fully saturated rings. The van der Waals surface area contributed by atoms with Crippen molar-refractivity contribution in [2.24, 2.45) is 0 Å². The molecule has 3 heterocycles. The van der Waals surface area contributed by atoms with E-state index in [2.05, 4.69) is 15.5 Å². The lowest BCUT2D eigenvalue weighted by Crippen LogP contribution is -2.48. The van der Waals surface area contributed by atoms with Crippen LogP contribution in [0.15, 0.2) is 64.8 Å². The fourth-order valence-corrected chi connectivity index (χ4v) is 4.43. The first-order chi connectivity index (χ1) is 15.6. The number of halogens is 1. The van der Waals surface area contributed by atoms with Crippen molar-refractivity contribution < 1.29 is 14.1 Å². The lowest BCUT2D eigenvalue weighted by Gasteiger charge is -2.36. The molecule has 0 spiro atoms. The summed E-state index contributed by atoms with van der Waals surface area (Å²) in [6.45, 7) is 3.13. The smallest absolute Gasteiger partial charge is 0.322 e. The fourth-order valence-electron chi connectivity index (χ4n) is 4.24. The van der Waals surface area contributed by atoms with Gasteiger partial charge in [0, 0.05) is 22.9 Å². The molecule has 3 aromatic rings. The average Bonchev–Trinajstić information content (AvgIpc) is 3.49. The monoisotopic (exact) mass is 450 g/mol. The highest BCUT2D eigenvalue weighted by atomic mass is 35.5. The van der Waals surface area contributed by atoms with Crippen molar-refractivity contribution in [2.75, 3.05) is 13.2 Å². The minimum Gasteiger partial charge on any atom is -0.376 e. The van der Waals surface area contributed by atoms with Crippen LogP contribution < -0.4 is 5.32 Å². The standard InChI is InChI=1S/C24H23ClN4O3/c1-15-20(23-27-22(28-32-23)17-9-5-10-18(25)13-17)21(16-7-3-2-4-8-16)26-24(30)29(15)14-19-11-6-12-31-19/h2-5,7-10,13,19,21H,6,11-12,14H2,1H3,(H,26,30). The van der Waals surface area contributed by atoms with Crippen LogP contribution in [0, 0.1) is 0 Å². The van der Waals surface area contributed by atoms with E-state index in [0.29, 0.717) is 23.3 Å². The number of hydrogen-bond acceptors (Lipinski definition) is 5. The van der Waals surface area contributed by atoms with Crippen LogP contribution in [0.3, 0.4) is 0 Å². The van der Waals surface area contributed by atoms with Gasteiger partial charge in [0.15, 0.2) is 0 Å². The van der Waals surface area contributed by atoms with Crippen LogP contribution in [0.5, 0.6) is 0 Å². The van der Waals surface area contributed by atoms with Crippen LogP contribution in [-0.2, 0) is 4.74 Å². The number of hydrogen-bond donors (Lipinski definition) is 1. The average molecular weight is 451 g/mol. The second-order valence-electron chi connectivity index (χ2n) is 7.97. The quantitative estimate of drug-likeness (QED) is 0.587. The molecule has 0 aliphatic carbocycles. The van der Waals surface area contributed by atoms with Crippen LogP contribution in [0.4, 0.5) is 4.79 Å². The molecule has 0 radical (unpaired) electrons. The van der Waals surface area contributed by atoms with Gasteiger partial charge in [-0.05, 0) is 37.5 Å². The van der Waals surface area contributed by atoms with E-state index in [0.717, 1.165) is 41.8 Å². The molecular formula is C24H23ClN4O3. The molecule has 2 amide bonds. The summed E-state index contributed by atoms with van der Waals surface area (Å²) < 4.78 is 11.5. The van der Waals surface area contributed by atoms with Crippen LogP contribution in [0.25, 0.3) is 17.0 Å². The molecule has 0 saturated carbocycles. The molecule has 0 bridgehead atoms. The van der Waals surface area contributed by atoms with Gasteiger partial charge in [-0.15, -0.1) is 0 Å². The number of nitrogens with zero attached hydrogens (tertiary/aromatic N) is 3. The Morgan fingerprint density at radius 3 is 2.78 bits per heavy atom. The Kier molecular flexibility index (Phi) is 5.68. The van der Waals surface area contributed by atoms with Gasteiger partial charge in [0.1, 0.15) is 0 Å². The number of carbonyl (C=O) groups is 1. The fraction of sp³-hybridized carbons (Fsp3) is 0.292. The number of urea groups is 1. The van der Waals surface area contributed by atoms with E-state index in [1.807, 2.05) is 49.4 Å². The molecule has 7 nitrogen and oxygen atoms in total. The lowest BCUT2D eigenvalue weighted by molar-refractivity contribution is 0.0877. The van der Waals surface area contributed by atoms with Crippen LogP contribution in [-0.4, -0.2) is 40.3 Å². The van der Waals surface area contributed by atoms with Gasteiger partial charge in [-0.2, -0.15) is 4.98 Å². The van der Waals surface area contributed by atoms with Crippen molar-refractivity contribution in [1.82, 2.24) is 20.4 Å². The summed E-state index contributed by atoms with van der Waals surface area (Å²) in [6.07, 6.45) is 1.97. The van der Waals surface area contributed by atoms with Crippen molar-refractivity contribution in [3.8, 4) is 11.4 Å². The van der Waals surface area contributed by atoms with Gasteiger partial charge in [0.05, 0.1) is 24.3 Å². The summed E-state index contributed by atoms with van der Waals surface area (Å²) in [5.41, 5.74) is 3.25. The Bertz CT molecular complexity index is 1150. The second-order valence-corrected chi connectivity index (χ2v) is 8.41. The number of amides is 2. The molecule has 5 rings (SSSR count). The number of rotatable bonds is 5. The van der Waals surface area contributed by atoms with Crippen LogP contribution >= 0.6 is 11.6 Å². The minimum atomic E-state index is -0.405. The van der Waals surface area contributed by atoms with Gasteiger partial charge in [0.25, 0.3) is 5.89 Å². The summed E-state index contributed by atoms with van der Waals surface area (Å²) in [4.78, 5) is 19.4. The zero-order chi connectivity index (χ0) is 22.1. The third kappa shape index (κ3) is 4.01. The number of nitrogens with one attached hydrogen (secondary N) is 1. The molecule has 1 N–H and O–H groups in total. The van der Waals surface area contributed by atoms with Crippen molar-refractivity contribution in [3.05, 3.63) is 76.8 Å². The Balaban J connectivity index is 1.57. The zero-order valence-corrected chi connectivity index (χ0v) is 18.4. The third-order valence-corrected chi connectivity index (χ3v) is 6.11. The number of carbonyl (C=O) groups excluding carboxylic acids is 1. The lowest BCUT2D eigenvalue weighted by atomic mass is 9.94. The number of ether oxygens (including phenoxy) is 1. The van der Waals surface area contributed by atoms with E-state index in [1.54, 1.807) is 17.0 Å². The Hall–Kier alpha value is -3.16. The van der Waals surface area contributed by atoms with Crippen molar-refractivity contribution in [2.45, 2.75) is 31.9 Å². The first kappa shape index (κ1) is 20.7. The maximum absolute atomic E-state index is 13.1. The van der Waals surface area contributed by atoms with Gasteiger partial charge in [-0.1, -0.05) is 59.2 Å². The molecule has 2 aliphatic heterocycles. The Morgan fingerprint density at radius 2 is 2.03 bits per heavy atom. The molecule has 8 heteroatoms. The minimum absolute atomic E-state index is 0.0231. The maximum atomic E-state index is 13.1. The summed E-state index contributed by atoms with van der Waals surface area (Å²) in [7, 11) is 0. The van der Waals surface area contributed by atoms with E-state index in [1.165, 1.54) is 0 Å². The normalized spacial score (nSPS) is 21.2. The van der Waals surface area contributed by atoms with E-state index < -0.39 is 6.04 Å². The SMILES string of the molecule is CC1=C(c2nc(-c3cccc(Cl)c3)no2)C(c2ccccc2)NC(=O)N1CC1CCCO1. The summed E-state index contributed by atoms with van der Waals surface area (Å²) in [6, 6.07) is 16.5. The molecule has 2 aromatic carbocycles. The topological polar surface area (TPSA) is 80.5 Å². The van der Waals surface area contributed by atoms with Gasteiger partial charge < -0.3 is 14.6 Å². The summed E-state index contributed by atoms with van der Waals surface area (Å²) >= 11 is 6.13. The summed E-state index contributed by atoms with van der Waals surface area (Å²) in [5, 5.41) is 7.89. The predicted octanol–water partition coefficient (Wildman–Crippen LogP) is 5.07. The molecule has 2 atom stereocenters. The Labute approximate surface area is 191 Å².